The predicted molar refractivity (Wildman–Crippen MR) is 126 cm³/mol. The zero-order valence-corrected chi connectivity index (χ0v) is 18.6. The van der Waals surface area contributed by atoms with Gasteiger partial charge in [0.15, 0.2) is 5.82 Å². The highest BCUT2D eigenvalue weighted by molar-refractivity contribution is 5.98. The minimum atomic E-state index is -0.648. The van der Waals surface area contributed by atoms with Gasteiger partial charge >= 0.3 is 0 Å². The number of nitriles is 1. The van der Waals surface area contributed by atoms with E-state index in [4.69, 9.17) is 5.73 Å². The fourth-order valence-corrected chi connectivity index (χ4v) is 4.25. The molecule has 1 aromatic heterocycles. The Bertz CT molecular complexity index is 1210. The van der Waals surface area contributed by atoms with E-state index in [2.05, 4.69) is 16.5 Å². The smallest absolute Gasteiger partial charge is 0.254 e. The number of nitrogens with one attached hydrogen (secondary N) is 1. The number of carbonyl (C=O) groups excluding carboxylic acids is 2. The molecule has 1 aliphatic heterocycles. The maximum atomic E-state index is 12.8. The Hall–Kier alpha value is -4.32. The predicted octanol–water partition coefficient (Wildman–Crippen LogP) is 2.91. The van der Waals surface area contributed by atoms with Crippen molar-refractivity contribution in [2.75, 3.05) is 18.4 Å². The monoisotopic (exact) mass is 458 g/mol. The second-order valence-corrected chi connectivity index (χ2v) is 8.47. The molecular formula is C25H26N6O3. The maximum absolute atomic E-state index is 12.8. The van der Waals surface area contributed by atoms with Crippen LogP contribution in [0.15, 0.2) is 60.8 Å². The van der Waals surface area contributed by atoms with E-state index >= 15 is 0 Å². The number of aromatic nitrogens is 2. The number of aromatic hydroxyl groups is 1. The van der Waals surface area contributed by atoms with Gasteiger partial charge < -0.3 is 21.1 Å². The number of phenolic OH excluding ortho intramolecular Hbond substituents is 1. The highest BCUT2D eigenvalue weighted by Gasteiger charge is 2.39. The Morgan fingerprint density at radius 2 is 1.79 bits per heavy atom. The van der Waals surface area contributed by atoms with E-state index in [1.807, 2.05) is 30.3 Å². The third-order valence-corrected chi connectivity index (χ3v) is 6.25. The largest absolute Gasteiger partial charge is 0.508 e. The average molecular weight is 459 g/mol. The number of amides is 2. The van der Waals surface area contributed by atoms with Crippen LogP contribution in [-0.4, -0.2) is 44.7 Å². The highest BCUT2D eigenvalue weighted by Crippen LogP contribution is 2.35. The third-order valence-electron chi connectivity index (χ3n) is 6.25. The summed E-state index contributed by atoms with van der Waals surface area (Å²) in [5, 5.41) is 26.7. The van der Waals surface area contributed by atoms with Gasteiger partial charge in [0.1, 0.15) is 11.3 Å². The van der Waals surface area contributed by atoms with Crippen molar-refractivity contribution in [1.29, 1.82) is 5.26 Å². The molecule has 2 heterocycles. The number of hydrogen-bond donors (Lipinski definition) is 3. The van der Waals surface area contributed by atoms with Gasteiger partial charge in [0.05, 0.1) is 24.4 Å². The van der Waals surface area contributed by atoms with Crippen LogP contribution in [0, 0.1) is 11.3 Å². The number of carbonyl (C=O) groups is 2. The van der Waals surface area contributed by atoms with Crippen LogP contribution < -0.4 is 11.1 Å². The molecule has 2 amide bonds. The lowest BCUT2D eigenvalue weighted by Gasteiger charge is -2.40. The van der Waals surface area contributed by atoms with E-state index in [0.29, 0.717) is 31.7 Å². The van der Waals surface area contributed by atoms with E-state index in [-0.39, 0.29) is 30.1 Å². The molecule has 34 heavy (non-hydrogen) atoms. The fourth-order valence-electron chi connectivity index (χ4n) is 4.25. The topological polar surface area (TPSA) is 137 Å². The van der Waals surface area contributed by atoms with Gasteiger partial charge in [-0.2, -0.15) is 10.4 Å². The van der Waals surface area contributed by atoms with Crippen LogP contribution in [-0.2, 0) is 16.8 Å². The summed E-state index contributed by atoms with van der Waals surface area (Å²) < 4.78 is 1.67. The van der Waals surface area contributed by atoms with Gasteiger partial charge in [0, 0.05) is 25.0 Å². The highest BCUT2D eigenvalue weighted by atomic mass is 16.3. The summed E-state index contributed by atoms with van der Waals surface area (Å²) in [5.74, 6) is -0.132. The van der Waals surface area contributed by atoms with Crippen LogP contribution in [0.3, 0.4) is 0 Å². The van der Waals surface area contributed by atoms with Crippen LogP contribution in [0.1, 0.15) is 35.2 Å². The molecule has 9 heteroatoms. The van der Waals surface area contributed by atoms with Crippen molar-refractivity contribution >= 4 is 23.3 Å². The van der Waals surface area contributed by atoms with Gasteiger partial charge in [0.2, 0.25) is 5.91 Å². The van der Waals surface area contributed by atoms with Gasteiger partial charge in [-0.1, -0.05) is 30.3 Å². The van der Waals surface area contributed by atoms with Crippen molar-refractivity contribution in [2.24, 2.45) is 5.73 Å². The van der Waals surface area contributed by atoms with E-state index in [1.54, 1.807) is 40.0 Å². The summed E-state index contributed by atoms with van der Waals surface area (Å²) in [6.07, 6.45) is 3.07. The number of piperidine rings is 1. The van der Waals surface area contributed by atoms with E-state index < -0.39 is 11.4 Å². The maximum Gasteiger partial charge on any atom is 0.254 e. The number of para-hydroxylation sites is 1. The van der Waals surface area contributed by atoms with Gasteiger partial charge in [-0.05, 0) is 42.7 Å². The lowest BCUT2D eigenvalue weighted by Crippen LogP contribution is -2.48. The van der Waals surface area contributed by atoms with Crippen LogP contribution in [0.4, 0.5) is 11.5 Å². The average Bonchev–Trinajstić information content (AvgIpc) is 3.26. The number of primary amides is 1. The standard InChI is InChI=1S/C25H26N6O3/c26-13-10-25(11-14-30(15-12-25)22(33)16-18-6-8-20(32)9-7-18)31-17-21(23(27)34)24(29-31)28-19-4-2-1-3-5-19/h1-9,17,32H,10-12,14-16H2,(H2,27,34)(H,28,29). The number of phenols is 1. The molecule has 4 N–H and O–H groups in total. The Labute approximate surface area is 197 Å². The molecule has 0 aliphatic carbocycles. The molecule has 4 rings (SSSR count). The lowest BCUT2D eigenvalue weighted by atomic mass is 9.84. The Morgan fingerprint density at radius 3 is 2.41 bits per heavy atom. The first-order valence-electron chi connectivity index (χ1n) is 11.0. The minimum Gasteiger partial charge on any atom is -0.508 e. The Balaban J connectivity index is 1.52. The quantitative estimate of drug-likeness (QED) is 0.498. The molecule has 9 nitrogen and oxygen atoms in total. The summed E-state index contributed by atoms with van der Waals surface area (Å²) in [7, 11) is 0. The van der Waals surface area contributed by atoms with Gasteiger partial charge in [-0.25, -0.2) is 0 Å². The molecule has 0 bridgehead atoms. The summed E-state index contributed by atoms with van der Waals surface area (Å²) in [5.41, 5.74) is 6.79. The fraction of sp³-hybridized carbons (Fsp3) is 0.280. The van der Waals surface area contributed by atoms with Crippen molar-refractivity contribution in [3.63, 3.8) is 0 Å². The molecule has 0 spiro atoms. The molecule has 1 saturated heterocycles. The molecule has 3 aromatic rings. The molecular weight excluding hydrogens is 432 g/mol. The third kappa shape index (κ3) is 4.86. The molecule has 1 aliphatic rings. The van der Waals surface area contributed by atoms with E-state index in [0.717, 1.165) is 11.3 Å². The summed E-state index contributed by atoms with van der Waals surface area (Å²) in [6, 6.07) is 18.2. The molecule has 0 saturated carbocycles. The van der Waals surface area contributed by atoms with Crippen molar-refractivity contribution < 1.29 is 14.7 Å². The Morgan fingerprint density at radius 1 is 1.12 bits per heavy atom. The van der Waals surface area contributed by atoms with Crippen LogP contribution >= 0.6 is 0 Å². The first-order valence-corrected chi connectivity index (χ1v) is 11.0. The molecule has 174 valence electrons. The zero-order valence-electron chi connectivity index (χ0n) is 18.6. The number of rotatable bonds is 7. The van der Waals surface area contributed by atoms with Crippen molar-refractivity contribution in [3.05, 3.63) is 71.9 Å². The number of likely N-dealkylation sites (tertiary alicyclic amines) is 1. The number of nitrogens with two attached hydrogens (primary N) is 1. The van der Waals surface area contributed by atoms with E-state index in [9.17, 15) is 20.0 Å². The molecule has 2 aromatic carbocycles. The van der Waals surface area contributed by atoms with Crippen molar-refractivity contribution in [3.8, 4) is 11.8 Å². The number of hydrogen-bond acceptors (Lipinski definition) is 6. The molecule has 1 fully saturated rings. The first kappa shape index (κ1) is 22.9. The molecule has 0 radical (unpaired) electrons. The van der Waals surface area contributed by atoms with Gasteiger partial charge in [-0.15, -0.1) is 0 Å². The first-order chi connectivity index (χ1) is 16.4. The van der Waals surface area contributed by atoms with E-state index in [1.165, 1.54) is 0 Å². The zero-order chi connectivity index (χ0) is 24.1. The summed E-state index contributed by atoms with van der Waals surface area (Å²) >= 11 is 0. The second-order valence-electron chi connectivity index (χ2n) is 8.47. The van der Waals surface area contributed by atoms with Crippen molar-refractivity contribution in [1.82, 2.24) is 14.7 Å². The number of benzene rings is 2. The summed E-state index contributed by atoms with van der Waals surface area (Å²) in [4.78, 5) is 26.7. The number of anilines is 2. The van der Waals surface area contributed by atoms with Gasteiger partial charge in [0.25, 0.3) is 5.91 Å². The normalized spacial score (nSPS) is 14.9. The van der Waals surface area contributed by atoms with Gasteiger partial charge in [-0.3, -0.25) is 14.3 Å². The second kappa shape index (κ2) is 9.67. The minimum absolute atomic E-state index is 0.0130. The van der Waals surface area contributed by atoms with Crippen molar-refractivity contribution in [2.45, 2.75) is 31.2 Å². The lowest BCUT2D eigenvalue weighted by molar-refractivity contribution is -0.132. The molecule has 0 unspecified atom stereocenters. The van der Waals surface area contributed by atoms with Crippen LogP contribution in [0.25, 0.3) is 0 Å². The van der Waals surface area contributed by atoms with Crippen LogP contribution in [0.2, 0.25) is 0 Å². The van der Waals surface area contributed by atoms with Crippen LogP contribution in [0.5, 0.6) is 5.75 Å². The number of nitrogens with zero attached hydrogens (tertiary/aromatic N) is 4. The summed E-state index contributed by atoms with van der Waals surface area (Å²) in [6.45, 7) is 0.928. The SMILES string of the molecule is N#CCC1(n2cc(C(N)=O)c(Nc3ccccc3)n2)CCN(C(=O)Cc2ccc(O)cc2)CC1. The Kier molecular flexibility index (Phi) is 6.50. The molecule has 0 atom stereocenters.